The highest BCUT2D eigenvalue weighted by Gasteiger charge is 2.47. The molecule has 558 valence electrons. The molecule has 0 aliphatic carbocycles. The summed E-state index contributed by atoms with van der Waals surface area (Å²) in [7, 11) is 53.4. The molecule has 93 heavy (non-hydrogen) atoms. The van der Waals surface area contributed by atoms with Crippen molar-refractivity contribution in [2.45, 2.75) is 192 Å². The second-order valence-corrected chi connectivity index (χ2v) is 48.2. The Balaban J connectivity index is -0.000000348. The highest BCUT2D eigenvalue weighted by atomic mass is 27.2. The average Bonchev–Trinajstić information content (AvgIpc) is 0.820. The summed E-state index contributed by atoms with van der Waals surface area (Å²) in [6.45, 7) is 65.4. The lowest BCUT2D eigenvalue weighted by molar-refractivity contribution is 0.159. The van der Waals surface area contributed by atoms with Crippen LogP contribution >= 0.6 is 0 Å². The van der Waals surface area contributed by atoms with E-state index in [4.69, 9.17) is 0 Å². The van der Waals surface area contributed by atoms with Crippen LogP contribution in [0, 0.1) is 0 Å². The standard InChI is InChI=1S/C6H15N2.2C6H14N.4C5H13N2.2C5H12N.2C4H10N.4C3H8N.5Al/c1-4-7-5-6-8(2)3;2*1-5-6(2,3)7-4;4*1-6-4-5-7(2)3;2*1-5(2,3)6-4;2*1-4(2)5-3;4*1-3-4-2;;;;;/h4-6H2,1-3H3;2*5H2,1-4H3;4*4-5H2,1-3H3;2*1-4H3;2*4H,1-3H3;4*3H2,1-2H3;;;;;/q15*-1;5*+3. The molecule has 0 fully saturated rings. The topological polar surface area (TPSA) is 64.8 Å². The molecule has 0 N–H and O–H groups in total. The molecule has 0 aliphatic rings. The summed E-state index contributed by atoms with van der Waals surface area (Å²) in [5.74, 6) is 0. The monoisotopic (exact) mass is 1400 g/mol. The molecule has 0 aromatic carbocycles. The Bertz CT molecular complexity index is 1670. The molecule has 0 amide bonds. The van der Waals surface area contributed by atoms with E-state index in [-0.39, 0.29) is 22.2 Å². The van der Waals surface area contributed by atoms with Crippen molar-refractivity contribution in [3.63, 3.8) is 0 Å². The summed E-state index contributed by atoms with van der Waals surface area (Å²) in [4.78, 5) is 11.3. The first-order valence-corrected chi connectivity index (χ1v) is 44.0. The number of rotatable bonds is 41. The first kappa shape index (κ1) is 103. The van der Waals surface area contributed by atoms with Crippen molar-refractivity contribution >= 4 is 74.1 Å². The van der Waals surface area contributed by atoms with Crippen LogP contribution in [0.15, 0.2) is 0 Å². The zero-order valence-electron chi connectivity index (χ0n) is 72.0. The first-order chi connectivity index (χ1) is 42.3. The van der Waals surface area contributed by atoms with Crippen molar-refractivity contribution in [2.24, 2.45) is 0 Å². The third kappa shape index (κ3) is 43.5. The third-order valence-corrected chi connectivity index (χ3v) is 38.3. The van der Waals surface area contributed by atoms with Crippen LogP contribution in [-0.2, 0) is 0 Å². The van der Waals surface area contributed by atoms with E-state index in [0.29, 0.717) is 12.1 Å². The normalized spacial score (nSPS) is 13.1. The lowest BCUT2D eigenvalue weighted by Crippen LogP contribution is -2.69. The SMILES string of the molecule is CC(C)[N](C)[Al]([N](C)CCN(C)C)[N](C)C(C)C.CCC(C)(C)[N](C)[Al]([N](C)CCN(C)C)[N](C)C(C)(C)CC.CC[N](C)[Al]([N](C)CC)[N](C)CCN(C)C.CC[N](C)[Al]([N](C)CC)[N](CC)CCN(C)C.CN(C)CC[N](C)[Al]([N](C)C(C)(C)C)[N](C)C(C)(C)C. The zero-order chi connectivity index (χ0) is 74.6. The molecule has 0 unspecified atom stereocenters. The van der Waals surface area contributed by atoms with Gasteiger partial charge in [-0.05, 0) is 351 Å². The van der Waals surface area contributed by atoms with Gasteiger partial charge in [0.25, 0.3) is 0 Å². The van der Waals surface area contributed by atoms with Gasteiger partial charge in [-0.2, -0.15) is 0 Å². The molecular weight excluding hydrogens is 1230 g/mol. The van der Waals surface area contributed by atoms with E-state index < -0.39 is 74.1 Å². The van der Waals surface area contributed by atoms with Crippen molar-refractivity contribution in [1.82, 2.24) is 82.8 Å². The predicted molar refractivity (Wildman–Crippen MR) is 428 cm³/mol. The maximum absolute atomic E-state index is 2.67. The lowest BCUT2D eigenvalue weighted by atomic mass is 10.0. The number of hydrogen-bond acceptors (Lipinski definition) is 20. The Morgan fingerprint density at radius 3 is 0.656 bits per heavy atom. The molecule has 0 bridgehead atoms. The fourth-order valence-corrected chi connectivity index (χ4v) is 26.6. The highest BCUT2D eigenvalue weighted by Crippen LogP contribution is 2.26. The second-order valence-electron chi connectivity index (χ2n) is 32.2. The van der Waals surface area contributed by atoms with Gasteiger partial charge in [-0.3, -0.25) is 0 Å². The minimum atomic E-state index is -1.39. The van der Waals surface area contributed by atoms with Gasteiger partial charge < -0.3 is 82.8 Å². The molecule has 0 saturated carbocycles. The van der Waals surface area contributed by atoms with Gasteiger partial charge in [-0.15, -0.1) is 0 Å². The molecule has 0 heterocycles. The number of hydrogen-bond donors (Lipinski definition) is 0. The fraction of sp³-hybridized carbons (Fsp3) is 1.00. The zero-order valence-corrected chi connectivity index (χ0v) is 77.8. The fourth-order valence-electron chi connectivity index (χ4n) is 10.2. The predicted octanol–water partition coefficient (Wildman–Crippen LogP) is 6.90. The maximum atomic E-state index is 2.67. The van der Waals surface area contributed by atoms with E-state index in [1.54, 1.807) is 0 Å². The van der Waals surface area contributed by atoms with E-state index in [1.807, 2.05) is 0 Å². The van der Waals surface area contributed by atoms with Gasteiger partial charge >= 0.3 is 74.1 Å². The van der Waals surface area contributed by atoms with Crippen LogP contribution in [-0.4, -0.2) is 458 Å². The third-order valence-electron chi connectivity index (χ3n) is 19.8. The first-order valence-electron chi connectivity index (χ1n) is 36.2. The average molecular weight is 1400 g/mol. The van der Waals surface area contributed by atoms with Gasteiger partial charge in [0.15, 0.2) is 0 Å². The molecule has 0 rings (SSSR count). The van der Waals surface area contributed by atoms with E-state index >= 15 is 0 Å². The molecule has 0 aromatic heterocycles. The van der Waals surface area contributed by atoms with Gasteiger partial charge in [-0.25, -0.2) is 0 Å². The Morgan fingerprint density at radius 2 is 0.452 bits per heavy atom. The van der Waals surface area contributed by atoms with Crippen LogP contribution < -0.4 is 0 Å². The van der Waals surface area contributed by atoms with Crippen LogP contribution in [0.5, 0.6) is 0 Å². The Morgan fingerprint density at radius 1 is 0.237 bits per heavy atom. The number of nitrogens with zero attached hydrogens (tertiary/aromatic N) is 20. The molecule has 0 saturated heterocycles. The van der Waals surface area contributed by atoms with Crippen LogP contribution in [0.4, 0.5) is 0 Å². The maximum Gasteiger partial charge on any atom is 0.609 e. The largest absolute Gasteiger partial charge is 0.609 e. The van der Waals surface area contributed by atoms with Gasteiger partial charge in [-0.1, -0.05) is 76.2 Å². The Hall–Kier alpha value is 1.86. The Labute approximate surface area is 611 Å². The molecule has 25 heteroatoms. The summed E-state index contributed by atoms with van der Waals surface area (Å²) in [5, 5.41) is 0. The summed E-state index contributed by atoms with van der Waals surface area (Å²) in [6.07, 6.45) is 2.35. The molecule has 0 radical (unpaired) electrons. The van der Waals surface area contributed by atoms with Crippen LogP contribution in [0.2, 0.25) is 0 Å². The summed E-state index contributed by atoms with van der Waals surface area (Å²) in [5.41, 5.74) is 0.869. The van der Waals surface area contributed by atoms with Crippen LogP contribution in [0.1, 0.15) is 158 Å². The summed E-state index contributed by atoms with van der Waals surface area (Å²) in [6, 6.07) is 1.20. The quantitative estimate of drug-likeness (QED) is 0.0597. The molecular formula is C68H171Al5N20. The van der Waals surface area contributed by atoms with Crippen LogP contribution in [0.25, 0.3) is 0 Å². The van der Waals surface area contributed by atoms with Crippen molar-refractivity contribution in [2.75, 3.05) is 267 Å². The van der Waals surface area contributed by atoms with Gasteiger partial charge in [0.2, 0.25) is 0 Å². The minimum absolute atomic E-state index is 0.197. The summed E-state index contributed by atoms with van der Waals surface area (Å²) < 4.78 is 38.8. The summed E-state index contributed by atoms with van der Waals surface area (Å²) >= 11 is -6.18. The smallest absolute Gasteiger partial charge is 0.360 e. The van der Waals surface area contributed by atoms with E-state index in [9.17, 15) is 0 Å². The highest BCUT2D eigenvalue weighted by molar-refractivity contribution is 6.51. The molecule has 0 aliphatic heterocycles. The molecule has 20 nitrogen and oxygen atoms in total. The van der Waals surface area contributed by atoms with Crippen molar-refractivity contribution in [3.05, 3.63) is 0 Å². The van der Waals surface area contributed by atoms with E-state index in [2.05, 4.69) is 397 Å². The Kier molecular flexibility index (Phi) is 58.7. The molecule has 0 spiro atoms. The van der Waals surface area contributed by atoms with Crippen molar-refractivity contribution in [3.8, 4) is 0 Å². The van der Waals surface area contributed by atoms with Crippen LogP contribution in [0.3, 0.4) is 0 Å². The van der Waals surface area contributed by atoms with Gasteiger partial charge in [0.1, 0.15) is 0 Å². The van der Waals surface area contributed by atoms with E-state index in [0.717, 1.165) is 91.6 Å². The second kappa shape index (κ2) is 52.8. The van der Waals surface area contributed by atoms with Gasteiger partial charge in [0, 0.05) is 32.7 Å². The van der Waals surface area contributed by atoms with Crippen molar-refractivity contribution < 1.29 is 0 Å². The van der Waals surface area contributed by atoms with Crippen molar-refractivity contribution in [1.29, 1.82) is 0 Å². The molecule has 0 atom stereocenters. The minimum Gasteiger partial charge on any atom is -0.360 e. The lowest BCUT2D eigenvalue weighted by Gasteiger charge is -2.49. The van der Waals surface area contributed by atoms with E-state index in [1.165, 1.54) is 19.4 Å². The van der Waals surface area contributed by atoms with Gasteiger partial charge in [0.05, 0.1) is 0 Å². The number of likely N-dealkylation sites (N-methyl/N-ethyl adjacent to an activating group) is 10. The molecule has 0 aromatic rings.